The van der Waals surface area contributed by atoms with Crippen molar-refractivity contribution in [3.05, 3.63) is 28.2 Å². The minimum Gasteiger partial charge on any atom is -0.496 e. The lowest BCUT2D eigenvalue weighted by Gasteiger charge is -2.26. The fraction of sp³-hybridized carbons (Fsp3) is 0.600. The summed E-state index contributed by atoms with van der Waals surface area (Å²) in [7, 11) is 1.70. The molecule has 0 radical (unpaired) electrons. The third-order valence-corrected chi connectivity index (χ3v) is 4.24. The van der Waals surface area contributed by atoms with E-state index in [4.69, 9.17) is 4.74 Å². The maximum Gasteiger partial charge on any atom is 0.123 e. The summed E-state index contributed by atoms with van der Waals surface area (Å²) in [6.45, 7) is 1.77. The zero-order valence-electron chi connectivity index (χ0n) is 11.4. The molecule has 2 unspecified atom stereocenters. The van der Waals surface area contributed by atoms with Crippen molar-refractivity contribution in [2.45, 2.75) is 38.3 Å². The minimum absolute atomic E-state index is 0.0963. The van der Waals surface area contributed by atoms with Gasteiger partial charge in [-0.3, -0.25) is 0 Å². The molecule has 1 aliphatic rings. The molecule has 0 aromatic heterocycles. The molecular weight excluding hydrogens is 306 g/mol. The molecule has 0 spiro atoms. The topological polar surface area (TPSA) is 41.5 Å². The van der Waals surface area contributed by atoms with Gasteiger partial charge in [0.25, 0.3) is 0 Å². The summed E-state index contributed by atoms with van der Waals surface area (Å²) in [6.07, 6.45) is 4.17. The van der Waals surface area contributed by atoms with Crippen molar-refractivity contribution in [1.29, 1.82) is 0 Å². The summed E-state index contributed by atoms with van der Waals surface area (Å²) in [5.74, 6) is 1.52. The van der Waals surface area contributed by atoms with E-state index in [2.05, 4.69) is 27.3 Å². The summed E-state index contributed by atoms with van der Waals surface area (Å²) in [5, 5.41) is 13.1. The largest absolute Gasteiger partial charge is 0.496 e. The first kappa shape index (κ1) is 14.8. The second-order valence-electron chi connectivity index (χ2n) is 5.27. The summed E-state index contributed by atoms with van der Waals surface area (Å²) in [6, 6.07) is 6.05. The van der Waals surface area contributed by atoms with Crippen LogP contribution in [0.3, 0.4) is 0 Å². The Labute approximate surface area is 123 Å². The van der Waals surface area contributed by atoms with E-state index in [-0.39, 0.29) is 6.10 Å². The fourth-order valence-corrected chi connectivity index (χ4v) is 3.15. The molecule has 2 atom stereocenters. The Bertz CT molecular complexity index is 411. The van der Waals surface area contributed by atoms with E-state index in [1.165, 1.54) is 6.42 Å². The van der Waals surface area contributed by atoms with Gasteiger partial charge in [0.2, 0.25) is 0 Å². The molecule has 0 bridgehead atoms. The van der Waals surface area contributed by atoms with Crippen LogP contribution in [0.25, 0.3) is 0 Å². The zero-order valence-corrected chi connectivity index (χ0v) is 12.9. The van der Waals surface area contributed by atoms with Crippen LogP contribution in [-0.2, 0) is 6.54 Å². The first-order valence-electron chi connectivity index (χ1n) is 6.90. The van der Waals surface area contributed by atoms with Gasteiger partial charge in [0.05, 0.1) is 13.2 Å². The SMILES string of the molecule is COc1ccc(Br)cc1CNCC1CCCC(O)C1. The molecule has 4 heteroatoms. The molecule has 3 nitrogen and oxygen atoms in total. The number of aliphatic hydroxyl groups excluding tert-OH is 1. The van der Waals surface area contributed by atoms with Crippen LogP contribution in [-0.4, -0.2) is 24.9 Å². The van der Waals surface area contributed by atoms with Gasteiger partial charge in [0.15, 0.2) is 0 Å². The second kappa shape index (κ2) is 7.27. The van der Waals surface area contributed by atoms with Gasteiger partial charge in [0.1, 0.15) is 5.75 Å². The van der Waals surface area contributed by atoms with Crippen molar-refractivity contribution >= 4 is 15.9 Å². The maximum absolute atomic E-state index is 9.66. The number of rotatable bonds is 5. The van der Waals surface area contributed by atoms with Crippen LogP contribution in [0, 0.1) is 5.92 Å². The van der Waals surface area contributed by atoms with Crippen LogP contribution >= 0.6 is 15.9 Å². The number of aliphatic hydroxyl groups is 1. The normalized spacial score (nSPS) is 23.3. The highest BCUT2D eigenvalue weighted by Crippen LogP contribution is 2.25. The smallest absolute Gasteiger partial charge is 0.123 e. The van der Waals surface area contributed by atoms with Crippen molar-refractivity contribution in [1.82, 2.24) is 5.32 Å². The first-order valence-corrected chi connectivity index (χ1v) is 7.69. The average molecular weight is 328 g/mol. The summed E-state index contributed by atoms with van der Waals surface area (Å²) >= 11 is 3.49. The third kappa shape index (κ3) is 4.48. The number of hydrogen-bond donors (Lipinski definition) is 2. The van der Waals surface area contributed by atoms with Crippen LogP contribution in [0.15, 0.2) is 22.7 Å². The van der Waals surface area contributed by atoms with E-state index < -0.39 is 0 Å². The minimum atomic E-state index is -0.0963. The molecule has 1 aliphatic carbocycles. The summed E-state index contributed by atoms with van der Waals surface area (Å²) in [5.41, 5.74) is 1.16. The predicted molar refractivity (Wildman–Crippen MR) is 80.4 cm³/mol. The van der Waals surface area contributed by atoms with E-state index in [0.29, 0.717) is 5.92 Å². The zero-order chi connectivity index (χ0) is 13.7. The Morgan fingerprint density at radius 2 is 2.26 bits per heavy atom. The molecule has 1 saturated carbocycles. The number of ether oxygens (including phenoxy) is 1. The number of halogens is 1. The molecule has 2 N–H and O–H groups in total. The molecular formula is C15H22BrNO2. The molecule has 0 amide bonds. The highest BCUT2D eigenvalue weighted by Gasteiger charge is 2.19. The molecule has 0 saturated heterocycles. The molecule has 1 aromatic carbocycles. The van der Waals surface area contributed by atoms with Gasteiger partial charge < -0.3 is 15.2 Å². The van der Waals surface area contributed by atoms with Crippen LogP contribution in [0.1, 0.15) is 31.2 Å². The lowest BCUT2D eigenvalue weighted by Crippen LogP contribution is -2.29. The van der Waals surface area contributed by atoms with Crippen molar-refractivity contribution < 1.29 is 9.84 Å². The number of benzene rings is 1. The van der Waals surface area contributed by atoms with Gasteiger partial charge in [-0.2, -0.15) is 0 Å². The highest BCUT2D eigenvalue weighted by atomic mass is 79.9. The lowest BCUT2D eigenvalue weighted by molar-refractivity contribution is 0.101. The average Bonchev–Trinajstić information content (AvgIpc) is 2.39. The van der Waals surface area contributed by atoms with Crippen molar-refractivity contribution in [3.63, 3.8) is 0 Å². The molecule has 1 fully saturated rings. The Morgan fingerprint density at radius 3 is 3.00 bits per heavy atom. The number of hydrogen-bond acceptors (Lipinski definition) is 3. The Kier molecular flexibility index (Phi) is 5.67. The molecule has 0 aliphatic heterocycles. The quantitative estimate of drug-likeness (QED) is 0.873. The van der Waals surface area contributed by atoms with E-state index in [1.807, 2.05) is 12.1 Å². The first-order chi connectivity index (χ1) is 9.19. The predicted octanol–water partition coefficient (Wildman–Crippen LogP) is 3.10. The molecule has 106 valence electrons. The van der Waals surface area contributed by atoms with E-state index in [0.717, 1.165) is 48.1 Å². The van der Waals surface area contributed by atoms with Crippen molar-refractivity contribution in [2.75, 3.05) is 13.7 Å². The van der Waals surface area contributed by atoms with Crippen LogP contribution in [0.4, 0.5) is 0 Å². The monoisotopic (exact) mass is 327 g/mol. The number of methoxy groups -OCH3 is 1. The van der Waals surface area contributed by atoms with Gasteiger partial charge in [-0.1, -0.05) is 22.4 Å². The molecule has 0 heterocycles. The Morgan fingerprint density at radius 1 is 1.42 bits per heavy atom. The Hall–Kier alpha value is -0.580. The van der Waals surface area contributed by atoms with Crippen LogP contribution in [0.5, 0.6) is 5.75 Å². The van der Waals surface area contributed by atoms with Gasteiger partial charge in [0, 0.05) is 16.6 Å². The standard InChI is InChI=1S/C15H22BrNO2/c1-19-15-6-5-13(16)8-12(15)10-17-9-11-3-2-4-14(18)7-11/h5-6,8,11,14,17-18H,2-4,7,9-10H2,1H3. The maximum atomic E-state index is 9.66. The van der Waals surface area contributed by atoms with E-state index in [9.17, 15) is 5.11 Å². The van der Waals surface area contributed by atoms with E-state index >= 15 is 0 Å². The van der Waals surface area contributed by atoms with Gasteiger partial charge >= 0.3 is 0 Å². The summed E-state index contributed by atoms with van der Waals surface area (Å²) in [4.78, 5) is 0. The fourth-order valence-electron chi connectivity index (χ4n) is 2.74. The van der Waals surface area contributed by atoms with Gasteiger partial charge in [-0.25, -0.2) is 0 Å². The van der Waals surface area contributed by atoms with Gasteiger partial charge in [-0.05, 0) is 49.9 Å². The highest BCUT2D eigenvalue weighted by molar-refractivity contribution is 9.10. The number of nitrogens with one attached hydrogen (secondary N) is 1. The van der Waals surface area contributed by atoms with Gasteiger partial charge in [-0.15, -0.1) is 0 Å². The lowest BCUT2D eigenvalue weighted by atomic mass is 9.87. The molecule has 19 heavy (non-hydrogen) atoms. The molecule has 2 rings (SSSR count). The van der Waals surface area contributed by atoms with Crippen LogP contribution < -0.4 is 10.1 Å². The van der Waals surface area contributed by atoms with Crippen molar-refractivity contribution in [2.24, 2.45) is 5.92 Å². The van der Waals surface area contributed by atoms with Crippen LogP contribution in [0.2, 0.25) is 0 Å². The summed E-state index contributed by atoms with van der Waals surface area (Å²) < 4.78 is 6.43. The Balaban J connectivity index is 1.83. The van der Waals surface area contributed by atoms with Crippen molar-refractivity contribution in [3.8, 4) is 5.75 Å². The molecule has 1 aromatic rings. The third-order valence-electron chi connectivity index (χ3n) is 3.75. The second-order valence-corrected chi connectivity index (χ2v) is 6.19. The van der Waals surface area contributed by atoms with E-state index in [1.54, 1.807) is 7.11 Å².